The van der Waals surface area contributed by atoms with E-state index in [1.807, 2.05) is 0 Å². The van der Waals surface area contributed by atoms with Crippen LogP contribution in [-0.2, 0) is 5.54 Å². The molecule has 0 radical (unpaired) electrons. The van der Waals surface area contributed by atoms with Gasteiger partial charge in [-0.2, -0.15) is 0 Å². The van der Waals surface area contributed by atoms with E-state index in [-0.39, 0.29) is 5.69 Å². The highest BCUT2D eigenvalue weighted by atomic mass is 19.1. The van der Waals surface area contributed by atoms with Gasteiger partial charge in [-0.25, -0.2) is 4.39 Å². The van der Waals surface area contributed by atoms with Crippen LogP contribution in [0.2, 0.25) is 0 Å². The molecule has 1 saturated carbocycles. The van der Waals surface area contributed by atoms with Crippen LogP contribution in [0.1, 0.15) is 18.4 Å². The van der Waals surface area contributed by atoms with Crippen molar-refractivity contribution in [1.29, 1.82) is 0 Å². The molecule has 0 bridgehead atoms. The summed E-state index contributed by atoms with van der Waals surface area (Å²) in [5.41, 5.74) is 5.45. The van der Waals surface area contributed by atoms with Gasteiger partial charge in [-0.3, -0.25) is 10.1 Å². The SMILES string of the molecule is NC1(c2ccc(F)cc2[N+](=O)[O-])CC1. The molecule has 1 aliphatic carbocycles. The van der Waals surface area contributed by atoms with Crippen molar-refractivity contribution in [3.8, 4) is 0 Å². The number of halogens is 1. The van der Waals surface area contributed by atoms with Crippen LogP contribution in [0.3, 0.4) is 0 Å². The number of hydrogen-bond acceptors (Lipinski definition) is 3. The smallest absolute Gasteiger partial charge is 0.277 e. The topological polar surface area (TPSA) is 69.2 Å². The first kappa shape index (κ1) is 9.08. The number of nitro groups is 1. The summed E-state index contributed by atoms with van der Waals surface area (Å²) in [5, 5.41) is 10.6. The third-order valence-corrected chi connectivity index (χ3v) is 2.48. The maximum atomic E-state index is 12.8. The van der Waals surface area contributed by atoms with E-state index >= 15 is 0 Å². The van der Waals surface area contributed by atoms with Crippen molar-refractivity contribution in [2.24, 2.45) is 5.73 Å². The molecule has 74 valence electrons. The van der Waals surface area contributed by atoms with Crippen LogP contribution in [0.5, 0.6) is 0 Å². The van der Waals surface area contributed by atoms with Crippen LogP contribution in [-0.4, -0.2) is 4.92 Å². The van der Waals surface area contributed by atoms with Crippen LogP contribution >= 0.6 is 0 Å². The van der Waals surface area contributed by atoms with Gasteiger partial charge in [0.15, 0.2) is 0 Å². The molecular weight excluding hydrogens is 187 g/mol. The molecular formula is C9H9FN2O2. The third kappa shape index (κ3) is 1.35. The maximum absolute atomic E-state index is 12.8. The lowest BCUT2D eigenvalue weighted by atomic mass is 10.0. The molecule has 1 aromatic carbocycles. The number of hydrogen-bond donors (Lipinski definition) is 1. The van der Waals surface area contributed by atoms with Gasteiger partial charge >= 0.3 is 0 Å². The molecule has 0 atom stereocenters. The van der Waals surface area contributed by atoms with E-state index in [0.717, 1.165) is 18.9 Å². The van der Waals surface area contributed by atoms with Crippen LogP contribution in [0.25, 0.3) is 0 Å². The van der Waals surface area contributed by atoms with Gasteiger partial charge in [0.05, 0.1) is 11.0 Å². The molecule has 0 heterocycles. The second-order valence-electron chi connectivity index (χ2n) is 3.57. The largest absolute Gasteiger partial charge is 0.321 e. The van der Waals surface area contributed by atoms with Gasteiger partial charge in [0, 0.05) is 11.1 Å². The second-order valence-corrected chi connectivity index (χ2v) is 3.57. The molecule has 0 saturated heterocycles. The zero-order valence-electron chi connectivity index (χ0n) is 7.37. The van der Waals surface area contributed by atoms with Gasteiger partial charge < -0.3 is 5.73 Å². The number of benzene rings is 1. The Kier molecular flexibility index (Phi) is 1.78. The highest BCUT2D eigenvalue weighted by Gasteiger charge is 2.44. The minimum Gasteiger partial charge on any atom is -0.321 e. The molecule has 2 rings (SSSR count). The molecule has 1 aromatic rings. The first-order chi connectivity index (χ1) is 6.53. The molecule has 1 fully saturated rings. The Hall–Kier alpha value is -1.49. The van der Waals surface area contributed by atoms with Gasteiger partial charge in [0.2, 0.25) is 0 Å². The molecule has 4 nitrogen and oxygen atoms in total. The standard InChI is InChI=1S/C9H9FN2O2/c10-6-1-2-7(9(11)3-4-9)8(5-6)12(13)14/h1-2,5H,3-4,11H2. The summed E-state index contributed by atoms with van der Waals surface area (Å²) >= 11 is 0. The summed E-state index contributed by atoms with van der Waals surface area (Å²) in [5.74, 6) is -0.607. The molecule has 0 aromatic heterocycles. The Morgan fingerprint density at radius 1 is 1.50 bits per heavy atom. The van der Waals surface area contributed by atoms with Crippen LogP contribution in [0.4, 0.5) is 10.1 Å². The molecule has 0 spiro atoms. The quantitative estimate of drug-likeness (QED) is 0.577. The second kappa shape index (κ2) is 2.75. The van der Waals surface area contributed by atoms with E-state index in [4.69, 9.17) is 5.73 Å². The van der Waals surface area contributed by atoms with E-state index < -0.39 is 16.3 Å². The summed E-state index contributed by atoms with van der Waals surface area (Å²) in [6, 6.07) is 3.53. The first-order valence-corrected chi connectivity index (χ1v) is 4.26. The normalized spacial score (nSPS) is 17.9. The number of nitro benzene ring substituents is 1. The summed E-state index contributed by atoms with van der Waals surface area (Å²) in [6.45, 7) is 0. The molecule has 5 heteroatoms. The monoisotopic (exact) mass is 196 g/mol. The van der Waals surface area contributed by atoms with Gasteiger partial charge in [0.1, 0.15) is 5.82 Å². The van der Waals surface area contributed by atoms with E-state index in [9.17, 15) is 14.5 Å². The molecule has 2 N–H and O–H groups in total. The molecule has 0 unspecified atom stereocenters. The third-order valence-electron chi connectivity index (χ3n) is 2.48. The number of nitrogens with two attached hydrogens (primary N) is 1. The van der Waals surface area contributed by atoms with Gasteiger partial charge in [0.25, 0.3) is 5.69 Å². The summed E-state index contributed by atoms with van der Waals surface area (Å²) < 4.78 is 12.8. The lowest BCUT2D eigenvalue weighted by Crippen LogP contribution is -2.20. The van der Waals surface area contributed by atoms with Gasteiger partial charge in [-0.15, -0.1) is 0 Å². The molecule has 1 aliphatic rings. The Bertz CT molecular complexity index is 402. The maximum Gasteiger partial charge on any atom is 0.277 e. The van der Waals surface area contributed by atoms with Crippen molar-refractivity contribution in [2.45, 2.75) is 18.4 Å². The van der Waals surface area contributed by atoms with Crippen molar-refractivity contribution < 1.29 is 9.31 Å². The molecule has 0 amide bonds. The van der Waals surface area contributed by atoms with Gasteiger partial charge in [-0.05, 0) is 25.0 Å². The minimum atomic E-state index is -0.607. The highest BCUT2D eigenvalue weighted by molar-refractivity contribution is 5.47. The number of nitrogens with zero attached hydrogens (tertiary/aromatic N) is 1. The fourth-order valence-electron chi connectivity index (χ4n) is 1.48. The average Bonchev–Trinajstić information content (AvgIpc) is 2.84. The van der Waals surface area contributed by atoms with Crippen LogP contribution in [0, 0.1) is 15.9 Å². The minimum absolute atomic E-state index is 0.218. The molecule has 0 aliphatic heterocycles. The first-order valence-electron chi connectivity index (χ1n) is 4.26. The zero-order chi connectivity index (χ0) is 10.3. The Morgan fingerprint density at radius 3 is 2.64 bits per heavy atom. The lowest BCUT2D eigenvalue weighted by Gasteiger charge is -2.08. The zero-order valence-corrected chi connectivity index (χ0v) is 7.37. The molecule has 14 heavy (non-hydrogen) atoms. The lowest BCUT2D eigenvalue weighted by molar-refractivity contribution is -0.386. The Balaban J connectivity index is 2.54. The predicted molar refractivity (Wildman–Crippen MR) is 48.2 cm³/mol. The van der Waals surface area contributed by atoms with E-state index in [2.05, 4.69) is 0 Å². The van der Waals surface area contributed by atoms with E-state index in [0.29, 0.717) is 5.56 Å². The predicted octanol–water partition coefficient (Wildman–Crippen LogP) is 1.68. The van der Waals surface area contributed by atoms with Crippen molar-refractivity contribution >= 4 is 5.69 Å². The van der Waals surface area contributed by atoms with Crippen molar-refractivity contribution in [3.05, 3.63) is 39.7 Å². The van der Waals surface area contributed by atoms with Crippen molar-refractivity contribution in [3.63, 3.8) is 0 Å². The van der Waals surface area contributed by atoms with Gasteiger partial charge in [-0.1, -0.05) is 0 Å². The van der Waals surface area contributed by atoms with Crippen LogP contribution in [0.15, 0.2) is 18.2 Å². The van der Waals surface area contributed by atoms with E-state index in [1.165, 1.54) is 12.1 Å². The summed E-state index contributed by atoms with van der Waals surface area (Å²) in [4.78, 5) is 10.0. The number of rotatable bonds is 2. The summed E-state index contributed by atoms with van der Waals surface area (Å²) in [6.07, 6.45) is 1.44. The highest BCUT2D eigenvalue weighted by Crippen LogP contribution is 2.46. The van der Waals surface area contributed by atoms with E-state index in [1.54, 1.807) is 0 Å². The van der Waals surface area contributed by atoms with Crippen molar-refractivity contribution in [2.75, 3.05) is 0 Å². The average molecular weight is 196 g/mol. The van der Waals surface area contributed by atoms with Crippen molar-refractivity contribution in [1.82, 2.24) is 0 Å². The van der Waals surface area contributed by atoms with Crippen LogP contribution < -0.4 is 5.73 Å². The fraction of sp³-hybridized carbons (Fsp3) is 0.333. The Labute approximate surface area is 79.7 Å². The Morgan fingerprint density at radius 2 is 2.14 bits per heavy atom. The fourth-order valence-corrected chi connectivity index (χ4v) is 1.48. The summed E-state index contributed by atoms with van der Waals surface area (Å²) in [7, 11) is 0.